The van der Waals surface area contributed by atoms with Crippen molar-refractivity contribution in [1.82, 2.24) is 4.98 Å². The smallest absolute Gasteiger partial charge is 0.214 e. The van der Waals surface area contributed by atoms with Gasteiger partial charge in [-0.3, -0.25) is 0 Å². The number of sulfone groups is 1. The van der Waals surface area contributed by atoms with Crippen LogP contribution in [0.1, 0.15) is 17.7 Å². The summed E-state index contributed by atoms with van der Waals surface area (Å²) in [4.78, 5) is 4.50. The normalized spacial score (nSPS) is 18.2. The van der Waals surface area contributed by atoms with Crippen LogP contribution in [-0.4, -0.2) is 25.8 Å². The largest absolute Gasteiger partial charge is 0.470 e. The summed E-state index contributed by atoms with van der Waals surface area (Å²) < 4.78 is 28.4. The highest BCUT2D eigenvalue weighted by Gasteiger charge is 2.16. The Kier molecular flexibility index (Phi) is 3.91. The lowest BCUT2D eigenvalue weighted by Crippen LogP contribution is -2.17. The molecule has 5 nitrogen and oxygen atoms in total. The van der Waals surface area contributed by atoms with E-state index in [0.717, 1.165) is 0 Å². The molecular formula is C14H14N2O3S. The molecule has 2 rings (SSSR count). The van der Waals surface area contributed by atoms with E-state index in [1.807, 2.05) is 6.07 Å². The monoisotopic (exact) mass is 290 g/mol. The minimum absolute atomic E-state index is 0.250. The molecule has 0 fully saturated rings. The summed E-state index contributed by atoms with van der Waals surface area (Å²) in [6, 6.07) is 5.33. The summed E-state index contributed by atoms with van der Waals surface area (Å²) in [5.74, 6) is 0.423. The van der Waals surface area contributed by atoms with Crippen LogP contribution in [0.25, 0.3) is 0 Å². The molecule has 20 heavy (non-hydrogen) atoms. The van der Waals surface area contributed by atoms with E-state index in [1.165, 1.54) is 6.26 Å². The van der Waals surface area contributed by atoms with Gasteiger partial charge in [0.15, 0.2) is 9.84 Å². The number of hydrogen-bond acceptors (Lipinski definition) is 5. The van der Waals surface area contributed by atoms with Gasteiger partial charge in [-0.2, -0.15) is 5.26 Å². The first-order valence-corrected chi connectivity index (χ1v) is 7.92. The zero-order valence-corrected chi connectivity index (χ0v) is 12.0. The van der Waals surface area contributed by atoms with Crippen molar-refractivity contribution in [3.8, 4) is 11.9 Å². The summed E-state index contributed by atoms with van der Waals surface area (Å²) in [5.41, 5.74) is 1.12. The van der Waals surface area contributed by atoms with E-state index in [2.05, 4.69) is 4.98 Å². The second-order valence-electron chi connectivity index (χ2n) is 4.52. The Morgan fingerprint density at radius 3 is 2.70 bits per heavy atom. The van der Waals surface area contributed by atoms with Gasteiger partial charge in [-0.05, 0) is 25.1 Å². The zero-order valence-electron chi connectivity index (χ0n) is 11.2. The molecule has 1 unspecified atom stereocenters. The van der Waals surface area contributed by atoms with E-state index in [0.29, 0.717) is 28.5 Å². The molecule has 0 bridgehead atoms. The van der Waals surface area contributed by atoms with Gasteiger partial charge < -0.3 is 4.74 Å². The lowest BCUT2D eigenvalue weighted by Gasteiger charge is -2.17. The number of hydrogen-bond donors (Lipinski definition) is 0. The number of nitrogens with zero attached hydrogens (tertiary/aromatic N) is 2. The van der Waals surface area contributed by atoms with Crippen molar-refractivity contribution >= 4 is 9.84 Å². The molecule has 0 N–H and O–H groups in total. The van der Waals surface area contributed by atoms with Crippen LogP contribution in [0.5, 0.6) is 5.88 Å². The number of aromatic nitrogens is 1. The number of nitriles is 1. The lowest BCUT2D eigenvalue weighted by molar-refractivity contribution is 0.241. The quantitative estimate of drug-likeness (QED) is 0.849. The highest BCUT2D eigenvalue weighted by atomic mass is 32.2. The Balaban J connectivity index is 2.08. The van der Waals surface area contributed by atoms with E-state index in [4.69, 9.17) is 10.00 Å². The van der Waals surface area contributed by atoms with Crippen LogP contribution in [0.2, 0.25) is 0 Å². The lowest BCUT2D eigenvalue weighted by atomic mass is 10.1. The molecule has 0 saturated carbocycles. The molecule has 0 saturated heterocycles. The number of ether oxygens (including phenoxy) is 1. The molecule has 1 aliphatic rings. The Labute approximate surface area is 118 Å². The van der Waals surface area contributed by atoms with Gasteiger partial charge in [-0.15, -0.1) is 0 Å². The minimum atomic E-state index is -3.17. The average Bonchev–Trinajstić information content (AvgIpc) is 2.38. The van der Waals surface area contributed by atoms with Gasteiger partial charge in [-0.25, -0.2) is 13.4 Å². The van der Waals surface area contributed by atoms with Crippen LogP contribution < -0.4 is 4.74 Å². The summed E-state index contributed by atoms with van der Waals surface area (Å²) >= 11 is 0. The van der Waals surface area contributed by atoms with Gasteiger partial charge in [0.05, 0.1) is 16.2 Å². The predicted molar refractivity (Wildman–Crippen MR) is 74.8 cm³/mol. The highest BCUT2D eigenvalue weighted by molar-refractivity contribution is 7.94. The van der Waals surface area contributed by atoms with Crippen molar-refractivity contribution in [3.63, 3.8) is 0 Å². The van der Waals surface area contributed by atoms with E-state index in [-0.39, 0.29) is 6.10 Å². The third-order valence-electron chi connectivity index (χ3n) is 2.91. The maximum atomic E-state index is 11.4. The van der Waals surface area contributed by atoms with Crippen LogP contribution in [0.3, 0.4) is 0 Å². The average molecular weight is 290 g/mol. The van der Waals surface area contributed by atoms with Gasteiger partial charge >= 0.3 is 0 Å². The van der Waals surface area contributed by atoms with E-state index in [1.54, 1.807) is 37.3 Å². The minimum Gasteiger partial charge on any atom is -0.470 e. The summed E-state index contributed by atoms with van der Waals surface area (Å²) in [6.45, 7) is 1.74. The summed E-state index contributed by atoms with van der Waals surface area (Å²) in [5, 5.41) is 8.83. The number of rotatable bonds is 3. The molecule has 1 heterocycles. The number of allylic oxidation sites excluding steroid dienone is 1. The molecule has 0 amide bonds. The number of aryl methyl sites for hydroxylation is 1. The predicted octanol–water partition coefficient (Wildman–Crippen LogP) is 1.90. The van der Waals surface area contributed by atoms with Crippen LogP contribution in [-0.2, 0) is 9.84 Å². The van der Waals surface area contributed by atoms with Crippen molar-refractivity contribution in [3.05, 3.63) is 46.5 Å². The zero-order chi connectivity index (χ0) is 14.8. The fourth-order valence-electron chi connectivity index (χ4n) is 1.82. The van der Waals surface area contributed by atoms with Gasteiger partial charge in [0, 0.05) is 18.7 Å². The van der Waals surface area contributed by atoms with Gasteiger partial charge in [0.25, 0.3) is 0 Å². The molecule has 1 aromatic rings. The second-order valence-corrected chi connectivity index (χ2v) is 6.54. The highest BCUT2D eigenvalue weighted by Crippen LogP contribution is 2.20. The standard InChI is InChI=1S/C14H14N2O3S/c1-10-11(9-15)3-8-14(16-10)19-12-4-6-13(7-5-12)20(2,17)18/h3-4,6-8,12H,5H2,1-2H3. The van der Waals surface area contributed by atoms with Crippen molar-refractivity contribution in [1.29, 1.82) is 5.26 Å². The molecule has 0 aromatic carbocycles. The summed E-state index contributed by atoms with van der Waals surface area (Å²) in [7, 11) is -3.17. The van der Waals surface area contributed by atoms with E-state index >= 15 is 0 Å². The Bertz CT molecular complexity index is 727. The molecular weight excluding hydrogens is 276 g/mol. The summed E-state index contributed by atoms with van der Waals surface area (Å²) in [6.07, 6.45) is 6.28. The fourth-order valence-corrected chi connectivity index (χ4v) is 2.55. The molecule has 0 spiro atoms. The first-order valence-electron chi connectivity index (χ1n) is 6.03. The molecule has 6 heteroatoms. The molecule has 1 atom stereocenters. The van der Waals surface area contributed by atoms with Crippen molar-refractivity contribution in [2.75, 3.05) is 6.26 Å². The third kappa shape index (κ3) is 3.25. The van der Waals surface area contributed by atoms with Gasteiger partial charge in [0.1, 0.15) is 12.2 Å². The first kappa shape index (κ1) is 14.3. The fraction of sp³-hybridized carbons (Fsp3) is 0.286. The van der Waals surface area contributed by atoms with Crippen LogP contribution in [0.15, 0.2) is 35.3 Å². The molecule has 0 aliphatic heterocycles. The van der Waals surface area contributed by atoms with E-state index < -0.39 is 9.84 Å². The number of pyridine rings is 1. The Morgan fingerprint density at radius 2 is 2.20 bits per heavy atom. The van der Waals surface area contributed by atoms with Gasteiger partial charge in [0.2, 0.25) is 5.88 Å². The third-order valence-corrected chi connectivity index (χ3v) is 4.07. The van der Waals surface area contributed by atoms with Crippen LogP contribution in [0.4, 0.5) is 0 Å². The van der Waals surface area contributed by atoms with Crippen LogP contribution >= 0.6 is 0 Å². The molecule has 0 radical (unpaired) electrons. The maximum Gasteiger partial charge on any atom is 0.214 e. The van der Waals surface area contributed by atoms with Crippen molar-refractivity contribution in [2.24, 2.45) is 0 Å². The Morgan fingerprint density at radius 1 is 1.45 bits per heavy atom. The van der Waals surface area contributed by atoms with Crippen molar-refractivity contribution in [2.45, 2.75) is 19.4 Å². The van der Waals surface area contributed by atoms with E-state index in [9.17, 15) is 8.42 Å². The van der Waals surface area contributed by atoms with Gasteiger partial charge in [-0.1, -0.05) is 6.08 Å². The topological polar surface area (TPSA) is 80.0 Å². The molecule has 1 aromatic heterocycles. The Hall–Kier alpha value is -2.13. The SMILES string of the molecule is Cc1nc(OC2C=CC(S(C)(=O)=O)=CC2)ccc1C#N. The van der Waals surface area contributed by atoms with Crippen molar-refractivity contribution < 1.29 is 13.2 Å². The molecule has 104 valence electrons. The molecule has 1 aliphatic carbocycles. The van der Waals surface area contributed by atoms with Crippen LogP contribution in [0, 0.1) is 18.3 Å². The first-order chi connectivity index (χ1) is 9.40. The maximum absolute atomic E-state index is 11.4. The second kappa shape index (κ2) is 5.47.